The Bertz CT molecular complexity index is 592. The molecule has 0 bridgehead atoms. The summed E-state index contributed by atoms with van der Waals surface area (Å²) in [5.41, 5.74) is 0.522. The van der Waals surface area contributed by atoms with Crippen molar-refractivity contribution in [1.29, 1.82) is 0 Å². The lowest BCUT2D eigenvalue weighted by molar-refractivity contribution is -0.136. The van der Waals surface area contributed by atoms with Gasteiger partial charge >= 0.3 is 5.97 Å². The molecule has 6 heteroatoms. The van der Waals surface area contributed by atoms with E-state index in [0.29, 0.717) is 16.7 Å². The first kappa shape index (κ1) is 13.7. The summed E-state index contributed by atoms with van der Waals surface area (Å²) in [7, 11) is 1.56. The number of benzene rings is 1. The monoisotopic (exact) mass is 250 g/mol. The molecule has 0 aliphatic rings. The minimum atomic E-state index is -0.745. The number of aromatic nitrogens is 2. The molecule has 2 aromatic rings. The van der Waals surface area contributed by atoms with Crippen molar-refractivity contribution < 1.29 is 14.6 Å². The summed E-state index contributed by atoms with van der Waals surface area (Å²) in [4.78, 5) is 27.2. The van der Waals surface area contributed by atoms with Gasteiger partial charge in [-0.1, -0.05) is 6.92 Å². The molecule has 0 atom stereocenters. The molecule has 0 radical (unpaired) electrons. The molecule has 1 heterocycles. The number of hydrogen-bond acceptors (Lipinski definition) is 4. The highest BCUT2D eigenvalue weighted by Crippen LogP contribution is 2.14. The van der Waals surface area contributed by atoms with E-state index in [1.54, 1.807) is 32.2 Å². The lowest BCUT2D eigenvalue weighted by atomic mass is 10.2. The molecular weight excluding hydrogens is 236 g/mol. The fourth-order valence-electron chi connectivity index (χ4n) is 1.17. The number of H-pyrrole nitrogens is 1. The summed E-state index contributed by atoms with van der Waals surface area (Å²) in [5, 5.41) is 8.27. The molecular formula is C12H14N2O4. The zero-order chi connectivity index (χ0) is 13.5. The van der Waals surface area contributed by atoms with E-state index in [1.807, 2.05) is 0 Å². The quantitative estimate of drug-likeness (QED) is 0.840. The normalized spacial score (nSPS) is 9.44. The number of nitrogens with one attached hydrogen (secondary N) is 1. The van der Waals surface area contributed by atoms with Crippen LogP contribution in [0.1, 0.15) is 13.3 Å². The van der Waals surface area contributed by atoms with E-state index in [4.69, 9.17) is 9.84 Å². The molecule has 2 rings (SSSR count). The van der Waals surface area contributed by atoms with Gasteiger partial charge in [0.05, 0.1) is 24.3 Å². The summed E-state index contributed by atoms with van der Waals surface area (Å²) in [5.74, 6) is -0.0870. The Morgan fingerprint density at radius 3 is 2.72 bits per heavy atom. The van der Waals surface area contributed by atoms with Gasteiger partial charge in [-0.15, -0.1) is 0 Å². The van der Waals surface area contributed by atoms with Crippen LogP contribution < -0.4 is 10.3 Å². The number of aromatic amines is 1. The molecule has 0 saturated heterocycles. The van der Waals surface area contributed by atoms with Gasteiger partial charge in [0.15, 0.2) is 0 Å². The second-order valence-electron chi connectivity index (χ2n) is 3.36. The predicted molar refractivity (Wildman–Crippen MR) is 66.8 cm³/mol. The first-order valence-electron chi connectivity index (χ1n) is 5.31. The van der Waals surface area contributed by atoms with Gasteiger partial charge in [0.2, 0.25) is 0 Å². The number of nitrogens with zero attached hydrogens (tertiary/aromatic N) is 1. The summed E-state index contributed by atoms with van der Waals surface area (Å²) in [6, 6.07) is 5.19. The first-order valence-corrected chi connectivity index (χ1v) is 5.31. The summed E-state index contributed by atoms with van der Waals surface area (Å²) in [6.07, 6.45) is 1.61. The van der Waals surface area contributed by atoms with Gasteiger partial charge in [0.1, 0.15) is 5.75 Å². The van der Waals surface area contributed by atoms with Crippen LogP contribution in [-0.4, -0.2) is 28.2 Å². The number of methoxy groups -OCH3 is 1. The molecule has 0 aliphatic heterocycles. The van der Waals surface area contributed by atoms with Gasteiger partial charge < -0.3 is 14.8 Å². The van der Waals surface area contributed by atoms with Gasteiger partial charge in [-0.05, 0) is 18.2 Å². The van der Waals surface area contributed by atoms with Gasteiger partial charge in [-0.25, -0.2) is 4.98 Å². The van der Waals surface area contributed by atoms with E-state index < -0.39 is 5.97 Å². The Kier molecular flexibility index (Phi) is 4.86. The maximum atomic E-state index is 11.3. The van der Waals surface area contributed by atoms with Crippen LogP contribution in [-0.2, 0) is 4.79 Å². The standard InChI is InChI=1S/C9H8N2O2.C3H6O2/c1-13-6-2-3-8-7(4-6)9(12)11-5-10-8;1-2-3(4)5/h2-5H,1H3,(H,10,11,12);2H2,1H3,(H,4,5). The molecule has 0 unspecified atom stereocenters. The Labute approximate surface area is 103 Å². The van der Waals surface area contributed by atoms with Gasteiger partial charge in [0, 0.05) is 6.42 Å². The maximum absolute atomic E-state index is 11.3. The zero-order valence-electron chi connectivity index (χ0n) is 10.1. The summed E-state index contributed by atoms with van der Waals surface area (Å²) in [6.45, 7) is 1.60. The van der Waals surface area contributed by atoms with Crippen LogP contribution in [0.5, 0.6) is 5.75 Å². The van der Waals surface area contributed by atoms with Crippen LogP contribution in [0.3, 0.4) is 0 Å². The predicted octanol–water partition coefficient (Wildman–Crippen LogP) is 1.41. The molecule has 18 heavy (non-hydrogen) atoms. The summed E-state index contributed by atoms with van der Waals surface area (Å²) < 4.78 is 5.00. The zero-order valence-corrected chi connectivity index (χ0v) is 10.1. The third-order valence-corrected chi connectivity index (χ3v) is 2.15. The van der Waals surface area contributed by atoms with Crippen LogP contribution >= 0.6 is 0 Å². The molecule has 0 amide bonds. The van der Waals surface area contributed by atoms with Crippen molar-refractivity contribution in [3.8, 4) is 5.75 Å². The van der Waals surface area contributed by atoms with Gasteiger partial charge in [0.25, 0.3) is 5.56 Å². The minimum absolute atomic E-state index is 0.149. The van der Waals surface area contributed by atoms with Crippen molar-refractivity contribution >= 4 is 16.9 Å². The molecule has 6 nitrogen and oxygen atoms in total. The fourth-order valence-corrected chi connectivity index (χ4v) is 1.17. The number of carboxylic acids is 1. The molecule has 0 saturated carbocycles. The van der Waals surface area contributed by atoms with E-state index in [9.17, 15) is 9.59 Å². The van der Waals surface area contributed by atoms with Gasteiger partial charge in [-0.2, -0.15) is 0 Å². The number of fused-ring (bicyclic) bond motifs is 1. The van der Waals surface area contributed by atoms with Crippen molar-refractivity contribution in [2.45, 2.75) is 13.3 Å². The number of carboxylic acid groups (broad SMARTS) is 1. The third-order valence-electron chi connectivity index (χ3n) is 2.15. The molecule has 96 valence electrons. The fraction of sp³-hybridized carbons (Fsp3) is 0.250. The maximum Gasteiger partial charge on any atom is 0.303 e. The van der Waals surface area contributed by atoms with Crippen LogP contribution in [0.4, 0.5) is 0 Å². The largest absolute Gasteiger partial charge is 0.497 e. The second-order valence-corrected chi connectivity index (χ2v) is 3.36. The minimum Gasteiger partial charge on any atom is -0.497 e. The highest BCUT2D eigenvalue weighted by atomic mass is 16.5. The van der Waals surface area contributed by atoms with Crippen molar-refractivity contribution in [2.24, 2.45) is 0 Å². The number of hydrogen-bond donors (Lipinski definition) is 2. The van der Waals surface area contributed by atoms with E-state index in [-0.39, 0.29) is 12.0 Å². The topological polar surface area (TPSA) is 92.3 Å². The summed E-state index contributed by atoms with van der Waals surface area (Å²) >= 11 is 0. The molecule has 0 fully saturated rings. The van der Waals surface area contributed by atoms with Crippen LogP contribution in [0, 0.1) is 0 Å². The lowest BCUT2D eigenvalue weighted by Crippen LogP contribution is -2.05. The van der Waals surface area contributed by atoms with E-state index in [2.05, 4.69) is 9.97 Å². The molecule has 1 aromatic heterocycles. The SMILES string of the molecule is CCC(=O)O.COc1ccc2nc[nH]c(=O)c2c1. The Balaban J connectivity index is 0.000000280. The molecule has 1 aromatic carbocycles. The van der Waals surface area contributed by atoms with E-state index in [1.165, 1.54) is 6.33 Å². The second kappa shape index (κ2) is 6.39. The van der Waals surface area contributed by atoms with Gasteiger partial charge in [-0.3, -0.25) is 9.59 Å². The Hall–Kier alpha value is -2.37. The van der Waals surface area contributed by atoms with Crippen molar-refractivity contribution in [2.75, 3.05) is 7.11 Å². The number of carbonyl (C=O) groups is 1. The van der Waals surface area contributed by atoms with Crippen molar-refractivity contribution in [3.63, 3.8) is 0 Å². The third kappa shape index (κ3) is 3.58. The Morgan fingerprint density at radius 2 is 2.17 bits per heavy atom. The lowest BCUT2D eigenvalue weighted by Gasteiger charge is -1.99. The smallest absolute Gasteiger partial charge is 0.303 e. The average Bonchev–Trinajstić information content (AvgIpc) is 2.39. The van der Waals surface area contributed by atoms with E-state index in [0.717, 1.165) is 0 Å². The van der Waals surface area contributed by atoms with Crippen molar-refractivity contribution in [1.82, 2.24) is 9.97 Å². The molecule has 0 spiro atoms. The molecule has 0 aliphatic carbocycles. The van der Waals surface area contributed by atoms with Crippen molar-refractivity contribution in [3.05, 3.63) is 34.9 Å². The van der Waals surface area contributed by atoms with Crippen LogP contribution in [0.15, 0.2) is 29.3 Å². The first-order chi connectivity index (χ1) is 8.58. The number of ether oxygens (including phenoxy) is 1. The number of aliphatic carboxylic acids is 1. The number of rotatable bonds is 2. The average molecular weight is 250 g/mol. The molecule has 2 N–H and O–H groups in total. The van der Waals surface area contributed by atoms with Crippen LogP contribution in [0.25, 0.3) is 10.9 Å². The van der Waals surface area contributed by atoms with E-state index >= 15 is 0 Å². The Morgan fingerprint density at radius 1 is 1.50 bits per heavy atom. The highest BCUT2D eigenvalue weighted by Gasteiger charge is 1.99. The van der Waals surface area contributed by atoms with Crippen LogP contribution in [0.2, 0.25) is 0 Å². The highest BCUT2D eigenvalue weighted by molar-refractivity contribution is 5.78.